The van der Waals surface area contributed by atoms with E-state index >= 15 is 0 Å². The largest absolute Gasteiger partial charge is 0.424 e. The van der Waals surface area contributed by atoms with Crippen LogP contribution in [0.5, 0.6) is 11.8 Å². The molecule has 0 aliphatic carbocycles. The molecule has 2 N–H and O–H groups in total. The number of nitrogens with zero attached hydrogens (tertiary/aromatic N) is 3. The zero-order valence-electron chi connectivity index (χ0n) is 7.89. The van der Waals surface area contributed by atoms with Gasteiger partial charge in [0.15, 0.2) is 0 Å². The van der Waals surface area contributed by atoms with Crippen molar-refractivity contribution in [2.45, 2.75) is 0 Å². The van der Waals surface area contributed by atoms with Crippen molar-refractivity contribution in [3.63, 3.8) is 0 Å². The van der Waals surface area contributed by atoms with E-state index < -0.39 is 0 Å². The molecule has 0 radical (unpaired) electrons. The topological polar surface area (TPSA) is 73.9 Å². The molecule has 2 rings (SSSR count). The molecule has 1 aromatic carbocycles. The zero-order valence-corrected chi connectivity index (χ0v) is 8.65. The Labute approximate surface area is 95.1 Å². The van der Waals surface area contributed by atoms with Crippen molar-refractivity contribution >= 4 is 17.5 Å². The highest BCUT2D eigenvalue weighted by atomic mass is 35.5. The Balaban J connectivity index is 2.23. The van der Waals surface area contributed by atoms with Crippen LogP contribution in [-0.4, -0.2) is 15.0 Å². The summed E-state index contributed by atoms with van der Waals surface area (Å²) in [5.41, 5.74) is 5.35. The minimum absolute atomic E-state index is 0.0379. The first-order chi connectivity index (χ1) is 7.63. The Morgan fingerprint density at radius 1 is 1.12 bits per heavy atom. The monoisotopic (exact) mass is 240 g/mol. The van der Waals surface area contributed by atoms with Crippen LogP contribution in [0.3, 0.4) is 0 Å². The lowest BCUT2D eigenvalue weighted by Gasteiger charge is -2.03. The van der Waals surface area contributed by atoms with Gasteiger partial charge in [0.2, 0.25) is 11.2 Å². The number of hydrogen-bond acceptors (Lipinski definition) is 5. The predicted octanol–water partition coefficient (Wildman–Crippen LogP) is 2.04. The molecule has 0 bridgehead atoms. The molecule has 0 saturated heterocycles. The summed E-state index contributed by atoms with van der Waals surface area (Å²) in [4.78, 5) is 11.0. The molecule has 0 amide bonds. The molecule has 0 spiro atoms. The SMILES string of the molecule is Nc1nc(Cl)nc(Oc2ccc(F)cc2)n1. The Bertz CT molecular complexity index is 485. The zero-order chi connectivity index (χ0) is 11.5. The number of rotatable bonds is 2. The third-order valence-electron chi connectivity index (χ3n) is 1.63. The molecular weight excluding hydrogens is 235 g/mol. The van der Waals surface area contributed by atoms with E-state index in [9.17, 15) is 4.39 Å². The van der Waals surface area contributed by atoms with E-state index in [1.165, 1.54) is 24.3 Å². The first-order valence-corrected chi connectivity index (χ1v) is 4.62. The van der Waals surface area contributed by atoms with Crippen molar-refractivity contribution in [3.8, 4) is 11.8 Å². The van der Waals surface area contributed by atoms with Crippen LogP contribution in [0, 0.1) is 5.82 Å². The summed E-state index contributed by atoms with van der Waals surface area (Å²) in [7, 11) is 0. The first-order valence-electron chi connectivity index (χ1n) is 4.24. The predicted molar refractivity (Wildman–Crippen MR) is 55.7 cm³/mol. The summed E-state index contributed by atoms with van der Waals surface area (Å²) in [5.74, 6) is -0.0271. The van der Waals surface area contributed by atoms with Crippen LogP contribution in [0.25, 0.3) is 0 Å². The van der Waals surface area contributed by atoms with Crippen molar-refractivity contribution < 1.29 is 9.13 Å². The first kappa shape index (κ1) is 10.6. The Hall–Kier alpha value is -1.95. The fraction of sp³-hybridized carbons (Fsp3) is 0. The van der Waals surface area contributed by atoms with Gasteiger partial charge in [0.1, 0.15) is 11.6 Å². The lowest BCUT2D eigenvalue weighted by molar-refractivity contribution is 0.439. The molecule has 0 fully saturated rings. The van der Waals surface area contributed by atoms with E-state index in [0.29, 0.717) is 5.75 Å². The second-order valence-corrected chi connectivity index (χ2v) is 3.14. The number of benzene rings is 1. The maximum absolute atomic E-state index is 12.6. The molecule has 16 heavy (non-hydrogen) atoms. The molecule has 5 nitrogen and oxygen atoms in total. The highest BCUT2D eigenvalue weighted by Crippen LogP contribution is 2.19. The van der Waals surface area contributed by atoms with Gasteiger partial charge in [-0.05, 0) is 35.9 Å². The Kier molecular flexibility index (Phi) is 2.82. The van der Waals surface area contributed by atoms with E-state index in [1.807, 2.05) is 0 Å². The summed E-state index contributed by atoms with van der Waals surface area (Å²) in [6.45, 7) is 0. The highest BCUT2D eigenvalue weighted by Gasteiger charge is 2.04. The van der Waals surface area contributed by atoms with Crippen molar-refractivity contribution in [1.29, 1.82) is 0 Å². The van der Waals surface area contributed by atoms with E-state index in [0.717, 1.165) is 0 Å². The maximum atomic E-state index is 12.6. The van der Waals surface area contributed by atoms with Gasteiger partial charge in [0.05, 0.1) is 0 Å². The number of nitrogens with two attached hydrogens (primary N) is 1. The van der Waals surface area contributed by atoms with Gasteiger partial charge >= 0.3 is 6.01 Å². The fourth-order valence-electron chi connectivity index (χ4n) is 1.00. The molecule has 0 aliphatic heterocycles. The third-order valence-corrected chi connectivity index (χ3v) is 1.80. The standard InChI is InChI=1S/C9H6ClFN4O/c10-7-13-8(12)15-9(14-7)16-6-3-1-5(11)2-4-6/h1-4H,(H2,12,13,14,15). The molecule has 0 aliphatic rings. The Morgan fingerprint density at radius 3 is 2.44 bits per heavy atom. The highest BCUT2D eigenvalue weighted by molar-refractivity contribution is 6.28. The summed E-state index contributed by atoms with van der Waals surface area (Å²) >= 11 is 5.56. The normalized spacial score (nSPS) is 10.1. The average Bonchev–Trinajstić information content (AvgIpc) is 2.20. The fourth-order valence-corrected chi connectivity index (χ4v) is 1.16. The lowest BCUT2D eigenvalue weighted by Crippen LogP contribution is -2.00. The molecular formula is C9H6ClFN4O. The van der Waals surface area contributed by atoms with Crippen molar-refractivity contribution in [2.24, 2.45) is 0 Å². The maximum Gasteiger partial charge on any atom is 0.328 e. The molecule has 7 heteroatoms. The van der Waals surface area contributed by atoms with E-state index in [-0.39, 0.29) is 23.1 Å². The molecule has 0 saturated carbocycles. The number of aromatic nitrogens is 3. The number of hydrogen-bond donors (Lipinski definition) is 1. The van der Waals surface area contributed by atoms with E-state index in [1.54, 1.807) is 0 Å². The summed E-state index contributed by atoms with van der Waals surface area (Å²) in [6.07, 6.45) is 0. The summed E-state index contributed by atoms with van der Waals surface area (Å²) < 4.78 is 17.8. The van der Waals surface area contributed by atoms with Crippen LogP contribution in [0.4, 0.5) is 10.3 Å². The van der Waals surface area contributed by atoms with Crippen molar-refractivity contribution in [1.82, 2.24) is 15.0 Å². The quantitative estimate of drug-likeness (QED) is 0.870. The van der Waals surface area contributed by atoms with E-state index in [2.05, 4.69) is 15.0 Å². The van der Waals surface area contributed by atoms with Gasteiger partial charge in [-0.25, -0.2) is 4.39 Å². The van der Waals surface area contributed by atoms with Gasteiger partial charge in [-0.2, -0.15) is 15.0 Å². The number of anilines is 1. The van der Waals surface area contributed by atoms with Crippen LogP contribution in [0.2, 0.25) is 5.28 Å². The minimum atomic E-state index is -0.361. The number of nitrogen functional groups attached to an aromatic ring is 1. The van der Waals surface area contributed by atoms with Gasteiger partial charge in [-0.3, -0.25) is 0 Å². The molecule has 0 atom stereocenters. The Morgan fingerprint density at radius 2 is 1.81 bits per heavy atom. The molecule has 1 heterocycles. The summed E-state index contributed by atoms with van der Waals surface area (Å²) in [6, 6.07) is 5.33. The second-order valence-electron chi connectivity index (χ2n) is 2.80. The average molecular weight is 241 g/mol. The smallest absolute Gasteiger partial charge is 0.328 e. The van der Waals surface area contributed by atoms with Crippen LogP contribution < -0.4 is 10.5 Å². The van der Waals surface area contributed by atoms with Crippen molar-refractivity contribution in [2.75, 3.05) is 5.73 Å². The minimum Gasteiger partial charge on any atom is -0.424 e. The van der Waals surface area contributed by atoms with Crippen LogP contribution in [0.15, 0.2) is 24.3 Å². The number of halogens is 2. The van der Waals surface area contributed by atoms with Crippen LogP contribution in [-0.2, 0) is 0 Å². The number of ether oxygens (including phenoxy) is 1. The van der Waals surface area contributed by atoms with Gasteiger partial charge in [0, 0.05) is 0 Å². The van der Waals surface area contributed by atoms with Gasteiger partial charge in [-0.1, -0.05) is 0 Å². The molecule has 2 aromatic rings. The molecule has 0 unspecified atom stereocenters. The third kappa shape index (κ3) is 2.54. The van der Waals surface area contributed by atoms with E-state index in [4.69, 9.17) is 22.1 Å². The summed E-state index contributed by atoms with van der Waals surface area (Å²) in [5, 5.41) is -0.0652. The lowest BCUT2D eigenvalue weighted by atomic mass is 10.3. The second kappa shape index (κ2) is 4.28. The van der Waals surface area contributed by atoms with Gasteiger partial charge in [-0.15, -0.1) is 0 Å². The molecule has 1 aromatic heterocycles. The van der Waals surface area contributed by atoms with Crippen LogP contribution >= 0.6 is 11.6 Å². The van der Waals surface area contributed by atoms with Gasteiger partial charge < -0.3 is 10.5 Å². The molecule has 82 valence electrons. The van der Waals surface area contributed by atoms with Crippen molar-refractivity contribution in [3.05, 3.63) is 35.4 Å². The van der Waals surface area contributed by atoms with Gasteiger partial charge in [0.25, 0.3) is 0 Å². The van der Waals surface area contributed by atoms with Crippen LogP contribution in [0.1, 0.15) is 0 Å².